The van der Waals surface area contributed by atoms with Crippen LogP contribution in [0.2, 0.25) is 0 Å². The van der Waals surface area contributed by atoms with Gasteiger partial charge in [0.1, 0.15) is 0 Å². The molecular weight excluding hydrogens is 376 g/mol. The zero-order chi connectivity index (χ0) is 21.5. The Morgan fingerprint density at radius 1 is 0.419 bits per heavy atom. The molecule has 0 atom stereocenters. The van der Waals surface area contributed by atoms with Crippen LogP contribution in [0.4, 0.5) is 11.4 Å². The fourth-order valence-electron chi connectivity index (χ4n) is 4.13. The Balaban J connectivity index is 1.41. The van der Waals surface area contributed by atoms with Gasteiger partial charge in [0, 0.05) is 11.4 Å². The minimum atomic E-state index is 0.815. The lowest BCUT2D eigenvalue weighted by atomic mass is 9.93. The van der Waals surface area contributed by atoms with Gasteiger partial charge in [0.2, 0.25) is 0 Å². The third kappa shape index (κ3) is 5.76. The Labute approximate surface area is 185 Å². The van der Waals surface area contributed by atoms with Gasteiger partial charge < -0.3 is 11.5 Å². The zero-order valence-corrected chi connectivity index (χ0v) is 17.9. The first kappa shape index (κ1) is 20.7. The first-order valence-corrected chi connectivity index (χ1v) is 11.0. The maximum Gasteiger partial charge on any atom is 0.0314 e. The SMILES string of the molecule is Nc1ccc(Cc2ccccc2CCCc2ccccc2Cc2ccc(N)cc2)cc1. The Morgan fingerprint density at radius 3 is 1.16 bits per heavy atom. The van der Waals surface area contributed by atoms with Crippen molar-refractivity contribution in [1.29, 1.82) is 0 Å². The molecule has 2 nitrogen and oxygen atoms in total. The van der Waals surface area contributed by atoms with Crippen molar-refractivity contribution in [3.63, 3.8) is 0 Å². The molecule has 0 amide bonds. The predicted octanol–water partition coefficient (Wildman–Crippen LogP) is 6.21. The Kier molecular flexibility index (Phi) is 6.68. The van der Waals surface area contributed by atoms with E-state index in [4.69, 9.17) is 11.5 Å². The molecule has 0 aromatic heterocycles. The molecule has 4 N–H and O–H groups in total. The highest BCUT2D eigenvalue weighted by Crippen LogP contribution is 2.20. The zero-order valence-electron chi connectivity index (χ0n) is 17.9. The molecule has 0 saturated carbocycles. The Bertz CT molecular complexity index is 1020. The molecule has 0 unspecified atom stereocenters. The quantitative estimate of drug-likeness (QED) is 0.342. The first-order chi connectivity index (χ1) is 15.2. The number of anilines is 2. The molecule has 0 radical (unpaired) electrons. The van der Waals surface area contributed by atoms with E-state index >= 15 is 0 Å². The van der Waals surface area contributed by atoms with Gasteiger partial charge in [0.25, 0.3) is 0 Å². The summed E-state index contributed by atoms with van der Waals surface area (Å²) >= 11 is 0. The third-order valence-corrected chi connectivity index (χ3v) is 5.88. The van der Waals surface area contributed by atoms with Crippen LogP contribution in [-0.2, 0) is 25.7 Å². The molecule has 0 bridgehead atoms. The molecule has 156 valence electrons. The van der Waals surface area contributed by atoms with Crippen LogP contribution >= 0.6 is 0 Å². The first-order valence-electron chi connectivity index (χ1n) is 11.0. The van der Waals surface area contributed by atoms with E-state index in [1.807, 2.05) is 24.3 Å². The average molecular weight is 407 g/mol. The number of aryl methyl sites for hydroxylation is 2. The second kappa shape index (κ2) is 9.99. The summed E-state index contributed by atoms with van der Waals surface area (Å²) in [6.07, 6.45) is 5.20. The summed E-state index contributed by atoms with van der Waals surface area (Å²) in [6.45, 7) is 0. The second-order valence-corrected chi connectivity index (χ2v) is 8.23. The Hall–Kier alpha value is -3.52. The monoisotopic (exact) mass is 406 g/mol. The minimum absolute atomic E-state index is 0.815. The molecule has 0 aliphatic rings. The maximum absolute atomic E-state index is 5.83. The van der Waals surface area contributed by atoms with E-state index in [0.717, 1.165) is 43.5 Å². The van der Waals surface area contributed by atoms with Gasteiger partial charge in [-0.2, -0.15) is 0 Å². The second-order valence-electron chi connectivity index (χ2n) is 8.23. The van der Waals surface area contributed by atoms with Crippen LogP contribution in [0.15, 0.2) is 97.1 Å². The molecule has 0 aliphatic heterocycles. The number of rotatable bonds is 8. The highest BCUT2D eigenvalue weighted by molar-refractivity contribution is 5.43. The number of nitrogen functional groups attached to an aromatic ring is 2. The predicted molar refractivity (Wildman–Crippen MR) is 132 cm³/mol. The lowest BCUT2D eigenvalue weighted by Crippen LogP contribution is -2.00. The van der Waals surface area contributed by atoms with Crippen molar-refractivity contribution in [3.05, 3.63) is 130 Å². The summed E-state index contributed by atoms with van der Waals surface area (Å²) in [4.78, 5) is 0. The fourth-order valence-corrected chi connectivity index (χ4v) is 4.13. The van der Waals surface area contributed by atoms with Crippen molar-refractivity contribution >= 4 is 11.4 Å². The van der Waals surface area contributed by atoms with E-state index in [2.05, 4.69) is 72.8 Å². The molecular formula is C29H30N2. The molecule has 2 heteroatoms. The van der Waals surface area contributed by atoms with E-state index in [9.17, 15) is 0 Å². The minimum Gasteiger partial charge on any atom is -0.399 e. The largest absolute Gasteiger partial charge is 0.399 e. The van der Waals surface area contributed by atoms with Crippen LogP contribution in [0.3, 0.4) is 0 Å². The molecule has 4 rings (SSSR count). The molecule has 4 aromatic carbocycles. The number of benzene rings is 4. The lowest BCUT2D eigenvalue weighted by molar-refractivity contribution is 0.805. The van der Waals surface area contributed by atoms with Crippen molar-refractivity contribution in [2.75, 3.05) is 11.5 Å². The van der Waals surface area contributed by atoms with E-state index in [-0.39, 0.29) is 0 Å². The highest BCUT2D eigenvalue weighted by Gasteiger charge is 2.07. The summed E-state index contributed by atoms with van der Waals surface area (Å²) in [5.74, 6) is 0. The maximum atomic E-state index is 5.83. The van der Waals surface area contributed by atoms with Crippen LogP contribution in [0, 0.1) is 0 Å². The topological polar surface area (TPSA) is 52.0 Å². The smallest absolute Gasteiger partial charge is 0.0314 e. The van der Waals surface area contributed by atoms with E-state index in [1.165, 1.54) is 33.4 Å². The number of nitrogens with two attached hydrogens (primary N) is 2. The van der Waals surface area contributed by atoms with Crippen LogP contribution in [0.5, 0.6) is 0 Å². The summed E-state index contributed by atoms with van der Waals surface area (Å²) in [5, 5.41) is 0. The lowest BCUT2D eigenvalue weighted by Gasteiger charge is -2.12. The third-order valence-electron chi connectivity index (χ3n) is 5.88. The fraction of sp³-hybridized carbons (Fsp3) is 0.172. The molecule has 0 saturated heterocycles. The van der Waals surface area contributed by atoms with Crippen LogP contribution < -0.4 is 11.5 Å². The number of hydrogen-bond donors (Lipinski definition) is 2. The summed E-state index contributed by atoms with van der Waals surface area (Å²) in [5.41, 5.74) is 21.6. The van der Waals surface area contributed by atoms with Crippen LogP contribution in [0.1, 0.15) is 39.8 Å². The van der Waals surface area contributed by atoms with Gasteiger partial charge in [-0.15, -0.1) is 0 Å². The van der Waals surface area contributed by atoms with Crippen molar-refractivity contribution in [2.45, 2.75) is 32.1 Å². The molecule has 0 fully saturated rings. The van der Waals surface area contributed by atoms with Gasteiger partial charge in [-0.05, 0) is 89.8 Å². The van der Waals surface area contributed by atoms with E-state index in [0.29, 0.717) is 0 Å². The summed E-state index contributed by atoms with van der Waals surface area (Å²) in [6, 6.07) is 34.0. The van der Waals surface area contributed by atoms with Crippen LogP contribution in [-0.4, -0.2) is 0 Å². The summed E-state index contributed by atoms with van der Waals surface area (Å²) < 4.78 is 0. The normalized spacial score (nSPS) is 10.8. The Morgan fingerprint density at radius 2 is 0.774 bits per heavy atom. The molecule has 0 aliphatic carbocycles. The molecule has 31 heavy (non-hydrogen) atoms. The van der Waals surface area contributed by atoms with E-state index in [1.54, 1.807) is 0 Å². The van der Waals surface area contributed by atoms with Gasteiger partial charge in [0.15, 0.2) is 0 Å². The van der Waals surface area contributed by atoms with Gasteiger partial charge >= 0.3 is 0 Å². The molecule has 4 aromatic rings. The number of hydrogen-bond acceptors (Lipinski definition) is 2. The standard InChI is InChI=1S/C29H30N2/c30-28-16-12-22(13-17-28)20-26-8-3-1-6-24(26)10-5-11-25-7-2-4-9-27(25)21-23-14-18-29(31)19-15-23/h1-4,6-9,12-19H,5,10-11,20-21,30-31H2. The van der Waals surface area contributed by atoms with Gasteiger partial charge in [0.05, 0.1) is 0 Å². The van der Waals surface area contributed by atoms with E-state index < -0.39 is 0 Å². The van der Waals surface area contributed by atoms with Gasteiger partial charge in [-0.25, -0.2) is 0 Å². The highest BCUT2D eigenvalue weighted by atomic mass is 14.5. The van der Waals surface area contributed by atoms with Crippen molar-refractivity contribution in [1.82, 2.24) is 0 Å². The summed E-state index contributed by atoms with van der Waals surface area (Å²) in [7, 11) is 0. The van der Waals surface area contributed by atoms with Gasteiger partial charge in [-0.1, -0.05) is 72.8 Å². The van der Waals surface area contributed by atoms with Crippen LogP contribution in [0.25, 0.3) is 0 Å². The molecule has 0 spiro atoms. The molecule has 0 heterocycles. The van der Waals surface area contributed by atoms with Gasteiger partial charge in [-0.3, -0.25) is 0 Å². The average Bonchev–Trinajstić information content (AvgIpc) is 2.79. The van der Waals surface area contributed by atoms with Crippen molar-refractivity contribution in [2.24, 2.45) is 0 Å². The van der Waals surface area contributed by atoms with Crippen molar-refractivity contribution in [3.8, 4) is 0 Å². The van der Waals surface area contributed by atoms with Crippen molar-refractivity contribution < 1.29 is 0 Å².